The van der Waals surface area contributed by atoms with Crippen molar-refractivity contribution in [1.82, 2.24) is 0 Å². The number of nitrogens with zero attached hydrogens (tertiary/aromatic N) is 2. The highest BCUT2D eigenvalue weighted by atomic mass is 32.1. The second kappa shape index (κ2) is 5.24. The molecule has 1 unspecified atom stereocenters. The molecule has 1 heterocycles. The maximum Gasteiger partial charge on any atom is 0.304 e. The summed E-state index contributed by atoms with van der Waals surface area (Å²) in [6.45, 7) is 4.55. The van der Waals surface area contributed by atoms with Crippen molar-refractivity contribution in [2.24, 2.45) is 0 Å². The zero-order valence-corrected chi connectivity index (χ0v) is 11.4. The van der Waals surface area contributed by atoms with Gasteiger partial charge in [-0.2, -0.15) is 0 Å². The monoisotopic (exact) mass is 270 g/mol. The quantitative estimate of drug-likeness (QED) is 0.637. The third-order valence-corrected chi connectivity index (χ3v) is 4.37. The van der Waals surface area contributed by atoms with Gasteiger partial charge in [0.25, 0.3) is 0 Å². The minimum absolute atomic E-state index is 0.135. The van der Waals surface area contributed by atoms with E-state index in [1.165, 1.54) is 17.4 Å². The Hall–Kier alpha value is -1.14. The predicted molar refractivity (Wildman–Crippen MR) is 72.3 cm³/mol. The summed E-state index contributed by atoms with van der Waals surface area (Å²) in [5.41, 5.74) is 0.135. The van der Waals surface area contributed by atoms with E-state index in [-0.39, 0.29) is 10.6 Å². The zero-order chi connectivity index (χ0) is 13.3. The van der Waals surface area contributed by atoms with Crippen LogP contribution in [0.1, 0.15) is 44.1 Å². The van der Waals surface area contributed by atoms with Gasteiger partial charge in [-0.1, -0.05) is 6.92 Å². The van der Waals surface area contributed by atoms with E-state index >= 15 is 0 Å². The molecule has 1 saturated carbocycles. The SMILES string of the molecule is CCCN(c1sc(C(C)O)cc1[N+](=O)[O-])C1CC1. The van der Waals surface area contributed by atoms with Gasteiger partial charge in [0.15, 0.2) is 5.00 Å². The van der Waals surface area contributed by atoms with Crippen LogP contribution in [0.15, 0.2) is 6.07 Å². The molecule has 1 aliphatic carbocycles. The van der Waals surface area contributed by atoms with Crippen molar-refractivity contribution in [3.63, 3.8) is 0 Å². The molecule has 1 aromatic rings. The van der Waals surface area contributed by atoms with Crippen molar-refractivity contribution in [1.29, 1.82) is 0 Å². The first-order chi connectivity index (χ1) is 8.54. The molecule has 2 rings (SSSR count). The van der Waals surface area contributed by atoms with Crippen molar-refractivity contribution in [3.05, 3.63) is 21.1 Å². The molecule has 0 aliphatic heterocycles. The van der Waals surface area contributed by atoms with E-state index in [1.54, 1.807) is 6.92 Å². The lowest BCUT2D eigenvalue weighted by molar-refractivity contribution is -0.383. The molecule has 0 amide bonds. The van der Waals surface area contributed by atoms with Gasteiger partial charge in [0, 0.05) is 23.5 Å². The highest BCUT2D eigenvalue weighted by Crippen LogP contribution is 2.44. The maximum absolute atomic E-state index is 11.1. The number of nitro groups is 1. The molecule has 5 nitrogen and oxygen atoms in total. The van der Waals surface area contributed by atoms with E-state index in [0.29, 0.717) is 15.9 Å². The largest absolute Gasteiger partial charge is 0.388 e. The molecule has 1 atom stereocenters. The molecule has 1 aliphatic rings. The molecular formula is C12H18N2O3S. The van der Waals surface area contributed by atoms with Crippen molar-refractivity contribution in [2.75, 3.05) is 11.4 Å². The van der Waals surface area contributed by atoms with Crippen LogP contribution in [0.3, 0.4) is 0 Å². The summed E-state index contributed by atoms with van der Waals surface area (Å²) in [7, 11) is 0. The van der Waals surface area contributed by atoms with Gasteiger partial charge in [-0.3, -0.25) is 10.1 Å². The third kappa shape index (κ3) is 2.64. The molecule has 1 aromatic heterocycles. The van der Waals surface area contributed by atoms with Crippen LogP contribution >= 0.6 is 11.3 Å². The zero-order valence-electron chi connectivity index (χ0n) is 10.6. The number of hydrogen-bond acceptors (Lipinski definition) is 5. The lowest BCUT2D eigenvalue weighted by atomic mass is 10.3. The molecule has 100 valence electrons. The molecule has 0 radical (unpaired) electrons. The van der Waals surface area contributed by atoms with Crippen LogP contribution in [0, 0.1) is 10.1 Å². The summed E-state index contributed by atoms with van der Waals surface area (Å²) in [4.78, 5) is 13.6. The summed E-state index contributed by atoms with van der Waals surface area (Å²) in [6.07, 6.45) is 2.54. The van der Waals surface area contributed by atoms with Crippen LogP contribution in [0.2, 0.25) is 0 Å². The van der Waals surface area contributed by atoms with Crippen molar-refractivity contribution in [2.45, 2.75) is 45.3 Å². The lowest BCUT2D eigenvalue weighted by Crippen LogP contribution is -2.26. The van der Waals surface area contributed by atoms with Crippen molar-refractivity contribution < 1.29 is 10.0 Å². The van der Waals surface area contributed by atoms with Crippen LogP contribution in [0.25, 0.3) is 0 Å². The normalized spacial score (nSPS) is 16.6. The number of aliphatic hydroxyl groups is 1. The Balaban J connectivity index is 2.36. The summed E-state index contributed by atoms with van der Waals surface area (Å²) < 4.78 is 0. The van der Waals surface area contributed by atoms with Crippen LogP contribution in [-0.2, 0) is 0 Å². The highest BCUT2D eigenvalue weighted by molar-refractivity contribution is 7.16. The Morgan fingerprint density at radius 2 is 2.33 bits per heavy atom. The molecule has 18 heavy (non-hydrogen) atoms. The molecule has 0 bridgehead atoms. The number of hydrogen-bond donors (Lipinski definition) is 1. The van der Waals surface area contributed by atoms with Crippen molar-refractivity contribution in [3.8, 4) is 0 Å². The Morgan fingerprint density at radius 1 is 1.67 bits per heavy atom. The number of anilines is 1. The molecular weight excluding hydrogens is 252 g/mol. The molecule has 1 N–H and O–H groups in total. The molecule has 0 saturated heterocycles. The molecule has 1 fully saturated rings. The van der Waals surface area contributed by atoms with Crippen molar-refractivity contribution >= 4 is 22.0 Å². The Kier molecular flexibility index (Phi) is 3.87. The minimum atomic E-state index is -0.648. The van der Waals surface area contributed by atoms with Gasteiger partial charge in [-0.05, 0) is 26.2 Å². The van der Waals surface area contributed by atoms with Gasteiger partial charge >= 0.3 is 5.69 Å². The average molecular weight is 270 g/mol. The van der Waals surface area contributed by atoms with Gasteiger partial charge in [-0.25, -0.2) is 0 Å². The van der Waals surface area contributed by atoms with E-state index < -0.39 is 6.10 Å². The number of rotatable bonds is 6. The lowest BCUT2D eigenvalue weighted by Gasteiger charge is -2.21. The van der Waals surface area contributed by atoms with Crippen LogP contribution in [-0.4, -0.2) is 22.6 Å². The van der Waals surface area contributed by atoms with Gasteiger partial charge < -0.3 is 10.0 Å². The molecule has 6 heteroatoms. The Morgan fingerprint density at radius 3 is 2.78 bits per heavy atom. The van der Waals surface area contributed by atoms with Crippen LogP contribution in [0.5, 0.6) is 0 Å². The molecule has 0 spiro atoms. The summed E-state index contributed by atoms with van der Waals surface area (Å²) in [5, 5.41) is 21.4. The fourth-order valence-electron chi connectivity index (χ4n) is 2.01. The summed E-state index contributed by atoms with van der Waals surface area (Å²) >= 11 is 1.35. The van der Waals surface area contributed by atoms with Gasteiger partial charge in [0.05, 0.1) is 11.0 Å². The van der Waals surface area contributed by atoms with E-state index in [1.807, 2.05) is 0 Å². The van der Waals surface area contributed by atoms with E-state index in [0.717, 1.165) is 25.8 Å². The Labute approximate surface area is 110 Å². The van der Waals surface area contributed by atoms with Gasteiger partial charge in [0.2, 0.25) is 0 Å². The van der Waals surface area contributed by atoms with E-state index in [2.05, 4.69) is 11.8 Å². The highest BCUT2D eigenvalue weighted by Gasteiger charge is 2.34. The van der Waals surface area contributed by atoms with E-state index in [9.17, 15) is 15.2 Å². The van der Waals surface area contributed by atoms with Crippen LogP contribution < -0.4 is 4.90 Å². The van der Waals surface area contributed by atoms with E-state index in [4.69, 9.17) is 0 Å². The average Bonchev–Trinajstić information content (AvgIpc) is 3.03. The second-order valence-electron chi connectivity index (χ2n) is 4.70. The first kappa shape index (κ1) is 13.3. The van der Waals surface area contributed by atoms with Gasteiger partial charge in [-0.15, -0.1) is 11.3 Å². The summed E-state index contributed by atoms with van der Waals surface area (Å²) in [5.74, 6) is 0. The third-order valence-electron chi connectivity index (χ3n) is 3.03. The summed E-state index contributed by atoms with van der Waals surface area (Å²) in [6, 6.07) is 1.96. The number of aliphatic hydroxyl groups excluding tert-OH is 1. The molecule has 0 aromatic carbocycles. The smallest absolute Gasteiger partial charge is 0.304 e. The Bertz CT molecular complexity index is 441. The van der Waals surface area contributed by atoms with Gasteiger partial charge in [0.1, 0.15) is 0 Å². The second-order valence-corrected chi connectivity index (χ2v) is 5.76. The maximum atomic E-state index is 11.1. The topological polar surface area (TPSA) is 66.6 Å². The fraction of sp³-hybridized carbons (Fsp3) is 0.667. The first-order valence-corrected chi connectivity index (χ1v) is 7.09. The standard InChI is InChI=1S/C12H18N2O3S/c1-3-6-13(9-4-5-9)12-10(14(16)17)7-11(18-12)8(2)15/h7-9,15H,3-6H2,1-2H3. The fourth-order valence-corrected chi connectivity index (χ4v) is 3.17. The predicted octanol–water partition coefficient (Wildman–Crippen LogP) is 3.09. The van der Waals surface area contributed by atoms with Crippen LogP contribution in [0.4, 0.5) is 10.7 Å². The number of thiophene rings is 1. The minimum Gasteiger partial charge on any atom is -0.388 e. The first-order valence-electron chi connectivity index (χ1n) is 6.27.